The summed E-state index contributed by atoms with van der Waals surface area (Å²) in [5.41, 5.74) is -0.988. The average molecular weight is 323 g/mol. The van der Waals surface area contributed by atoms with E-state index in [2.05, 4.69) is 0 Å². The molecule has 0 radical (unpaired) electrons. The normalized spacial score (nSPS) is 22.9. The van der Waals surface area contributed by atoms with Gasteiger partial charge in [0.2, 0.25) is 0 Å². The third kappa shape index (κ3) is 2.37. The van der Waals surface area contributed by atoms with E-state index in [1.807, 2.05) is 0 Å². The van der Waals surface area contributed by atoms with E-state index in [0.717, 1.165) is 12.1 Å². The second-order valence-corrected chi connectivity index (χ2v) is 6.36. The molecule has 0 fully saturated rings. The number of pyridine rings is 1. The minimum absolute atomic E-state index is 0.305. The van der Waals surface area contributed by atoms with Crippen LogP contribution in [0.3, 0.4) is 0 Å². The molecule has 1 N–H and O–H groups in total. The van der Waals surface area contributed by atoms with Gasteiger partial charge in [0.15, 0.2) is 0 Å². The quantitative estimate of drug-likeness (QED) is 0.876. The number of hydrogen-bond donors (Lipinski definition) is 1. The standard InChI is InChI=1S/C17H16F3NO2/c1-16(2)12-9-10(17(18,19)20)6-7-11(12)14(15(16)23)21-8-4-3-5-13(21)22/h3-9,14-15,23H,1-2H3/t14-,15+/m1/s1. The van der Waals surface area contributed by atoms with E-state index in [-0.39, 0.29) is 5.56 Å². The van der Waals surface area contributed by atoms with Crippen LogP contribution in [-0.2, 0) is 11.6 Å². The Labute approximate surface area is 131 Å². The van der Waals surface area contributed by atoms with E-state index in [1.165, 1.54) is 16.7 Å². The van der Waals surface area contributed by atoms with E-state index in [0.29, 0.717) is 11.1 Å². The van der Waals surface area contributed by atoms with Crippen molar-refractivity contribution in [1.82, 2.24) is 4.57 Å². The van der Waals surface area contributed by atoms with Crippen molar-refractivity contribution in [1.29, 1.82) is 0 Å². The maximum atomic E-state index is 13.0. The van der Waals surface area contributed by atoms with Crippen LogP contribution >= 0.6 is 0 Å². The number of rotatable bonds is 1. The van der Waals surface area contributed by atoms with Gasteiger partial charge in [-0.2, -0.15) is 13.2 Å². The van der Waals surface area contributed by atoms with Crippen LogP contribution in [0.4, 0.5) is 13.2 Å². The number of aromatic nitrogens is 1. The molecule has 3 nitrogen and oxygen atoms in total. The van der Waals surface area contributed by atoms with Crippen LogP contribution < -0.4 is 5.56 Å². The zero-order valence-electron chi connectivity index (χ0n) is 12.6. The van der Waals surface area contributed by atoms with Gasteiger partial charge in [-0.1, -0.05) is 26.0 Å². The molecular weight excluding hydrogens is 307 g/mol. The Balaban J connectivity index is 2.22. The van der Waals surface area contributed by atoms with Gasteiger partial charge in [-0.25, -0.2) is 0 Å². The van der Waals surface area contributed by atoms with Gasteiger partial charge in [-0.15, -0.1) is 0 Å². The minimum Gasteiger partial charge on any atom is -0.390 e. The smallest absolute Gasteiger partial charge is 0.390 e. The Kier molecular flexibility index (Phi) is 3.41. The number of aliphatic hydroxyl groups excluding tert-OH is 1. The fraction of sp³-hybridized carbons (Fsp3) is 0.353. The van der Waals surface area contributed by atoms with E-state index in [4.69, 9.17) is 0 Å². The summed E-state index contributed by atoms with van der Waals surface area (Å²) in [6.07, 6.45) is -3.90. The molecule has 0 unspecified atom stereocenters. The summed E-state index contributed by atoms with van der Waals surface area (Å²) in [5.74, 6) is 0. The summed E-state index contributed by atoms with van der Waals surface area (Å²) in [7, 11) is 0. The summed E-state index contributed by atoms with van der Waals surface area (Å²) < 4.78 is 40.3. The molecule has 1 aliphatic carbocycles. The van der Waals surface area contributed by atoms with Gasteiger partial charge in [-0.05, 0) is 29.3 Å². The highest BCUT2D eigenvalue weighted by atomic mass is 19.4. The molecule has 6 heteroatoms. The van der Waals surface area contributed by atoms with Gasteiger partial charge in [0.1, 0.15) is 0 Å². The van der Waals surface area contributed by atoms with Crippen LogP contribution in [0.15, 0.2) is 47.4 Å². The second kappa shape index (κ2) is 4.96. The Bertz CT molecular complexity index is 808. The molecule has 1 heterocycles. The van der Waals surface area contributed by atoms with Gasteiger partial charge in [0.05, 0.1) is 17.7 Å². The lowest BCUT2D eigenvalue weighted by molar-refractivity contribution is -0.137. The first-order chi connectivity index (χ1) is 10.6. The highest BCUT2D eigenvalue weighted by Crippen LogP contribution is 2.47. The number of hydrogen-bond acceptors (Lipinski definition) is 2. The molecule has 0 amide bonds. The van der Waals surface area contributed by atoms with Crippen molar-refractivity contribution in [3.8, 4) is 0 Å². The lowest BCUT2D eigenvalue weighted by Crippen LogP contribution is -2.37. The summed E-state index contributed by atoms with van der Waals surface area (Å²) in [6, 6.07) is 7.33. The lowest BCUT2D eigenvalue weighted by Gasteiger charge is -2.27. The van der Waals surface area contributed by atoms with Crippen molar-refractivity contribution in [3.05, 3.63) is 69.6 Å². The lowest BCUT2D eigenvalue weighted by atomic mass is 9.83. The van der Waals surface area contributed by atoms with Crippen molar-refractivity contribution in [2.75, 3.05) is 0 Å². The molecular formula is C17H16F3NO2. The van der Waals surface area contributed by atoms with Gasteiger partial charge in [0.25, 0.3) is 5.56 Å². The average Bonchev–Trinajstić information content (AvgIpc) is 2.67. The molecule has 23 heavy (non-hydrogen) atoms. The third-order valence-corrected chi connectivity index (χ3v) is 4.58. The van der Waals surface area contributed by atoms with Crippen molar-refractivity contribution in [3.63, 3.8) is 0 Å². The van der Waals surface area contributed by atoms with Crippen LogP contribution in [-0.4, -0.2) is 15.8 Å². The molecule has 2 aromatic rings. The molecule has 2 atom stereocenters. The number of alkyl halides is 3. The zero-order chi connectivity index (χ0) is 17.0. The molecule has 0 saturated carbocycles. The van der Waals surface area contributed by atoms with Crippen molar-refractivity contribution in [2.45, 2.75) is 37.6 Å². The largest absolute Gasteiger partial charge is 0.416 e. The number of nitrogens with zero attached hydrogens (tertiary/aromatic N) is 1. The van der Waals surface area contributed by atoms with Crippen LogP contribution in [0, 0.1) is 0 Å². The first-order valence-electron chi connectivity index (χ1n) is 7.21. The SMILES string of the molecule is CC1(C)c2cc(C(F)(F)F)ccc2[C@@H](n2ccccc2=O)[C@@H]1O. The van der Waals surface area contributed by atoms with Crippen molar-refractivity contribution < 1.29 is 18.3 Å². The maximum absolute atomic E-state index is 13.0. The number of aliphatic hydroxyl groups is 1. The molecule has 1 aromatic heterocycles. The summed E-state index contributed by atoms with van der Waals surface area (Å²) in [4.78, 5) is 12.1. The Morgan fingerprint density at radius 1 is 1.17 bits per heavy atom. The molecule has 1 aromatic carbocycles. The van der Waals surface area contributed by atoms with E-state index in [9.17, 15) is 23.1 Å². The van der Waals surface area contributed by atoms with E-state index in [1.54, 1.807) is 32.2 Å². The first kappa shape index (κ1) is 15.8. The van der Waals surface area contributed by atoms with Gasteiger partial charge < -0.3 is 9.67 Å². The molecule has 0 saturated heterocycles. The van der Waals surface area contributed by atoms with Gasteiger partial charge in [-0.3, -0.25) is 4.79 Å². The first-order valence-corrected chi connectivity index (χ1v) is 7.21. The summed E-state index contributed by atoms with van der Waals surface area (Å²) >= 11 is 0. The van der Waals surface area contributed by atoms with Crippen LogP contribution in [0.25, 0.3) is 0 Å². The highest BCUT2D eigenvalue weighted by molar-refractivity contribution is 5.47. The Morgan fingerprint density at radius 3 is 2.48 bits per heavy atom. The fourth-order valence-corrected chi connectivity index (χ4v) is 3.24. The van der Waals surface area contributed by atoms with E-state index >= 15 is 0 Å². The van der Waals surface area contributed by atoms with Crippen molar-refractivity contribution >= 4 is 0 Å². The van der Waals surface area contributed by atoms with Crippen LogP contribution in [0.5, 0.6) is 0 Å². The Morgan fingerprint density at radius 2 is 1.87 bits per heavy atom. The zero-order valence-corrected chi connectivity index (χ0v) is 12.6. The van der Waals surface area contributed by atoms with Gasteiger partial charge in [0, 0.05) is 17.7 Å². The predicted octanol–water partition coefficient (Wildman–Crippen LogP) is 3.11. The van der Waals surface area contributed by atoms with Gasteiger partial charge >= 0.3 is 6.18 Å². The minimum atomic E-state index is -4.45. The molecule has 122 valence electrons. The topological polar surface area (TPSA) is 42.2 Å². The molecule has 0 bridgehead atoms. The third-order valence-electron chi connectivity index (χ3n) is 4.58. The molecule has 1 aliphatic rings. The summed E-state index contributed by atoms with van der Waals surface area (Å²) in [6.45, 7) is 3.37. The van der Waals surface area contributed by atoms with Crippen LogP contribution in [0.2, 0.25) is 0 Å². The molecule has 0 aliphatic heterocycles. The fourth-order valence-electron chi connectivity index (χ4n) is 3.24. The maximum Gasteiger partial charge on any atom is 0.416 e. The predicted molar refractivity (Wildman–Crippen MR) is 79.3 cm³/mol. The van der Waals surface area contributed by atoms with E-state index < -0.39 is 29.3 Å². The second-order valence-electron chi connectivity index (χ2n) is 6.36. The summed E-state index contributed by atoms with van der Waals surface area (Å²) in [5, 5.41) is 10.7. The highest BCUT2D eigenvalue weighted by Gasteiger charge is 2.47. The van der Waals surface area contributed by atoms with Crippen molar-refractivity contribution in [2.24, 2.45) is 0 Å². The molecule has 0 spiro atoms. The van der Waals surface area contributed by atoms with Crippen LogP contribution in [0.1, 0.15) is 36.6 Å². The number of benzene rings is 1. The monoisotopic (exact) mass is 323 g/mol. The number of halogens is 3. The Hall–Kier alpha value is -2.08. The molecule has 3 rings (SSSR count). The number of fused-ring (bicyclic) bond motifs is 1.